The Morgan fingerprint density at radius 1 is 1.39 bits per heavy atom. The van der Waals surface area contributed by atoms with Crippen LogP contribution in [0.1, 0.15) is 50.8 Å². The monoisotopic (exact) mass is 319 g/mol. The number of carbonyl (C=O) groups excluding carboxylic acids is 1. The molecule has 0 unspecified atom stereocenters. The first-order valence-corrected chi connectivity index (χ1v) is 8.46. The molecule has 2 amide bonds. The van der Waals surface area contributed by atoms with Crippen molar-refractivity contribution in [2.24, 2.45) is 5.41 Å². The zero-order valence-corrected chi connectivity index (χ0v) is 14.5. The number of amides is 2. The Morgan fingerprint density at radius 3 is 2.74 bits per heavy atom. The number of nitrogens with zero attached hydrogens (tertiary/aromatic N) is 2. The summed E-state index contributed by atoms with van der Waals surface area (Å²) in [5.74, 6) is 0. The van der Waals surface area contributed by atoms with E-state index in [0.29, 0.717) is 6.61 Å². The maximum absolute atomic E-state index is 12.5. The molecule has 0 aliphatic heterocycles. The summed E-state index contributed by atoms with van der Waals surface area (Å²) in [5, 5.41) is 3.10. The normalized spacial score (nSPS) is 18.2. The van der Waals surface area contributed by atoms with Gasteiger partial charge in [-0.05, 0) is 30.4 Å². The van der Waals surface area contributed by atoms with Crippen LogP contribution in [0.3, 0.4) is 0 Å². The second kappa shape index (κ2) is 8.29. The van der Waals surface area contributed by atoms with Crippen LogP contribution < -0.4 is 5.32 Å². The Bertz CT molecular complexity index is 486. The van der Waals surface area contributed by atoms with Gasteiger partial charge in [0, 0.05) is 26.9 Å². The summed E-state index contributed by atoms with van der Waals surface area (Å²) in [7, 11) is 3.45. The van der Waals surface area contributed by atoms with Gasteiger partial charge in [0.05, 0.1) is 18.3 Å². The van der Waals surface area contributed by atoms with Crippen molar-refractivity contribution >= 4 is 6.03 Å². The highest BCUT2D eigenvalue weighted by Gasteiger charge is 2.29. The van der Waals surface area contributed by atoms with Gasteiger partial charge in [0.2, 0.25) is 0 Å². The largest absolute Gasteiger partial charge is 0.382 e. The van der Waals surface area contributed by atoms with E-state index in [2.05, 4.69) is 17.2 Å². The highest BCUT2D eigenvalue weighted by atomic mass is 16.5. The Hall–Kier alpha value is -1.62. The van der Waals surface area contributed by atoms with E-state index >= 15 is 0 Å². The molecule has 128 valence electrons. The minimum absolute atomic E-state index is 0.0653. The van der Waals surface area contributed by atoms with Crippen LogP contribution in [0.5, 0.6) is 0 Å². The fourth-order valence-corrected chi connectivity index (χ4v) is 3.26. The van der Waals surface area contributed by atoms with Gasteiger partial charge in [-0.3, -0.25) is 4.98 Å². The van der Waals surface area contributed by atoms with Crippen LogP contribution >= 0.6 is 0 Å². The van der Waals surface area contributed by atoms with Gasteiger partial charge in [0.15, 0.2) is 0 Å². The number of ether oxygens (including phenoxy) is 1. The molecule has 1 atom stereocenters. The predicted molar refractivity (Wildman–Crippen MR) is 91.2 cm³/mol. The van der Waals surface area contributed by atoms with Gasteiger partial charge < -0.3 is 15.0 Å². The molecule has 1 aliphatic rings. The van der Waals surface area contributed by atoms with Crippen molar-refractivity contribution in [2.45, 2.75) is 45.1 Å². The molecule has 1 heterocycles. The first-order chi connectivity index (χ1) is 11.1. The molecule has 0 saturated heterocycles. The van der Waals surface area contributed by atoms with Crippen molar-refractivity contribution in [3.63, 3.8) is 0 Å². The quantitative estimate of drug-likeness (QED) is 0.874. The van der Waals surface area contributed by atoms with Gasteiger partial charge in [-0.2, -0.15) is 0 Å². The smallest absolute Gasteiger partial charge is 0.317 e. The summed E-state index contributed by atoms with van der Waals surface area (Å²) in [6, 6.07) is 5.48. The lowest BCUT2D eigenvalue weighted by Crippen LogP contribution is -2.45. The van der Waals surface area contributed by atoms with Crippen molar-refractivity contribution in [3.8, 4) is 0 Å². The topological polar surface area (TPSA) is 54.5 Å². The molecule has 0 spiro atoms. The van der Waals surface area contributed by atoms with Crippen LogP contribution in [0, 0.1) is 5.41 Å². The van der Waals surface area contributed by atoms with Crippen LogP contribution in [0.25, 0.3) is 0 Å². The lowest BCUT2D eigenvalue weighted by Gasteiger charge is -2.35. The number of pyridine rings is 1. The lowest BCUT2D eigenvalue weighted by atomic mass is 9.76. The summed E-state index contributed by atoms with van der Waals surface area (Å²) in [5.41, 5.74) is 1.08. The van der Waals surface area contributed by atoms with Gasteiger partial charge >= 0.3 is 6.03 Å². The van der Waals surface area contributed by atoms with E-state index in [4.69, 9.17) is 4.74 Å². The molecule has 5 nitrogen and oxygen atoms in total. The zero-order chi connectivity index (χ0) is 16.7. The molecule has 1 saturated carbocycles. The fraction of sp³-hybridized carbons (Fsp3) is 0.667. The first kappa shape index (κ1) is 17.7. The summed E-state index contributed by atoms with van der Waals surface area (Å²) < 4.78 is 5.28. The maximum atomic E-state index is 12.5. The molecule has 1 aliphatic carbocycles. The predicted octanol–water partition coefficient (Wildman–Crippen LogP) is 3.38. The SMILES string of the molecule is COC[C@H](c1ccccn1)N(C)C(=O)NCC1(C)CCCCC1. The number of aromatic nitrogens is 1. The van der Waals surface area contributed by atoms with E-state index < -0.39 is 0 Å². The molecule has 0 radical (unpaired) electrons. The third-order valence-electron chi connectivity index (χ3n) is 4.87. The van der Waals surface area contributed by atoms with Crippen LogP contribution in [0.2, 0.25) is 0 Å². The number of nitrogens with one attached hydrogen (secondary N) is 1. The van der Waals surface area contributed by atoms with Gasteiger partial charge in [-0.1, -0.05) is 32.3 Å². The first-order valence-electron chi connectivity index (χ1n) is 8.46. The molecule has 2 rings (SSSR count). The third-order valence-corrected chi connectivity index (χ3v) is 4.87. The number of urea groups is 1. The maximum Gasteiger partial charge on any atom is 0.317 e. The molecular weight excluding hydrogens is 290 g/mol. The minimum Gasteiger partial charge on any atom is -0.382 e. The summed E-state index contributed by atoms with van der Waals surface area (Å²) in [4.78, 5) is 18.6. The number of methoxy groups -OCH3 is 1. The van der Waals surface area contributed by atoms with Crippen LogP contribution in [0.15, 0.2) is 24.4 Å². The summed E-state index contributed by atoms with van der Waals surface area (Å²) >= 11 is 0. The average Bonchev–Trinajstić information content (AvgIpc) is 2.58. The van der Waals surface area contributed by atoms with Crippen LogP contribution in [-0.2, 0) is 4.74 Å². The second-order valence-electron chi connectivity index (χ2n) is 6.87. The fourth-order valence-electron chi connectivity index (χ4n) is 3.26. The Kier molecular flexibility index (Phi) is 6.39. The average molecular weight is 319 g/mol. The van der Waals surface area contributed by atoms with Crippen molar-refractivity contribution in [2.75, 3.05) is 27.3 Å². The summed E-state index contributed by atoms with van der Waals surface area (Å²) in [6.45, 7) is 3.44. The van der Waals surface area contributed by atoms with Crippen molar-refractivity contribution in [3.05, 3.63) is 30.1 Å². The zero-order valence-electron chi connectivity index (χ0n) is 14.5. The van der Waals surface area contributed by atoms with E-state index in [0.717, 1.165) is 12.2 Å². The molecule has 0 aromatic carbocycles. The van der Waals surface area contributed by atoms with Crippen molar-refractivity contribution in [1.29, 1.82) is 0 Å². The molecule has 1 fully saturated rings. The van der Waals surface area contributed by atoms with E-state index in [-0.39, 0.29) is 17.5 Å². The molecule has 0 bridgehead atoms. The third kappa shape index (κ3) is 4.93. The van der Waals surface area contributed by atoms with Gasteiger partial charge in [-0.25, -0.2) is 4.79 Å². The highest BCUT2D eigenvalue weighted by Crippen LogP contribution is 2.35. The van der Waals surface area contributed by atoms with E-state index in [1.807, 2.05) is 18.2 Å². The molecular formula is C18H29N3O2. The number of hydrogen-bond donors (Lipinski definition) is 1. The number of likely N-dealkylation sites (N-methyl/N-ethyl adjacent to an activating group) is 1. The van der Waals surface area contributed by atoms with E-state index in [9.17, 15) is 4.79 Å². The Balaban J connectivity index is 1.96. The lowest BCUT2D eigenvalue weighted by molar-refractivity contribution is 0.111. The molecule has 1 aromatic rings. The van der Waals surface area contributed by atoms with E-state index in [1.54, 1.807) is 25.3 Å². The summed E-state index contributed by atoms with van der Waals surface area (Å²) in [6.07, 6.45) is 7.98. The Labute approximate surface area is 139 Å². The van der Waals surface area contributed by atoms with Crippen LogP contribution in [-0.4, -0.2) is 43.2 Å². The number of carbonyl (C=O) groups is 1. The van der Waals surface area contributed by atoms with Crippen LogP contribution in [0.4, 0.5) is 4.79 Å². The number of hydrogen-bond acceptors (Lipinski definition) is 3. The van der Waals surface area contributed by atoms with Gasteiger partial charge in [0.25, 0.3) is 0 Å². The van der Waals surface area contributed by atoms with Crippen molar-refractivity contribution in [1.82, 2.24) is 15.2 Å². The standard InChI is InChI=1S/C18H29N3O2/c1-18(10-6-4-7-11-18)14-20-17(22)21(2)16(13-23-3)15-9-5-8-12-19-15/h5,8-9,12,16H,4,6-7,10-11,13-14H2,1-3H3,(H,20,22)/t16-/m1/s1. The van der Waals surface area contributed by atoms with Crippen molar-refractivity contribution < 1.29 is 9.53 Å². The molecule has 23 heavy (non-hydrogen) atoms. The molecule has 1 aromatic heterocycles. The molecule has 5 heteroatoms. The number of rotatable bonds is 6. The molecule has 1 N–H and O–H groups in total. The Morgan fingerprint density at radius 2 is 2.13 bits per heavy atom. The highest BCUT2D eigenvalue weighted by molar-refractivity contribution is 5.74. The second-order valence-corrected chi connectivity index (χ2v) is 6.87. The van der Waals surface area contributed by atoms with E-state index in [1.165, 1.54) is 32.1 Å². The van der Waals surface area contributed by atoms with Gasteiger partial charge in [-0.15, -0.1) is 0 Å². The van der Waals surface area contributed by atoms with Gasteiger partial charge in [0.1, 0.15) is 0 Å². The minimum atomic E-state index is -0.180.